The molecule has 0 amide bonds. The molecule has 4 rings (SSSR count). The molecule has 0 spiro atoms. The van der Waals surface area contributed by atoms with Crippen LogP contribution in [0.5, 0.6) is 5.75 Å². The van der Waals surface area contributed by atoms with Gasteiger partial charge in [-0.1, -0.05) is 57.9 Å². The third kappa shape index (κ3) is 4.38. The van der Waals surface area contributed by atoms with Crippen LogP contribution in [-0.4, -0.2) is 12.4 Å². The van der Waals surface area contributed by atoms with Crippen molar-refractivity contribution in [2.45, 2.75) is 58.9 Å². The van der Waals surface area contributed by atoms with Crippen LogP contribution in [0.4, 0.5) is 11.4 Å². The standard InChI is InChI=1S/C26H32N2O2/c1-4-5-8-15-30-19-13-11-18(12-14-19)25-24-22(16-26(2,3)17-23(24)29)27-20-9-6-7-10-21(20)28-25/h6-7,9-14,25,27-28H,4-5,8,15-17H2,1-3H3/t25-/m1/s1. The van der Waals surface area contributed by atoms with Gasteiger partial charge in [-0.3, -0.25) is 4.79 Å². The first kappa shape index (κ1) is 20.5. The molecule has 30 heavy (non-hydrogen) atoms. The number of fused-ring (bicyclic) bond motifs is 1. The van der Waals surface area contributed by atoms with E-state index in [2.05, 4.69) is 55.7 Å². The number of anilines is 2. The van der Waals surface area contributed by atoms with Gasteiger partial charge in [-0.05, 0) is 48.1 Å². The lowest BCUT2D eigenvalue weighted by Gasteiger charge is -2.34. The molecule has 4 nitrogen and oxygen atoms in total. The molecule has 158 valence electrons. The van der Waals surface area contributed by atoms with Crippen LogP contribution in [0.25, 0.3) is 0 Å². The first-order valence-electron chi connectivity index (χ1n) is 11.1. The highest BCUT2D eigenvalue weighted by atomic mass is 16.5. The Labute approximate surface area is 179 Å². The molecule has 0 aromatic heterocycles. The Morgan fingerprint density at radius 1 is 1.00 bits per heavy atom. The molecule has 0 fully saturated rings. The lowest BCUT2D eigenvalue weighted by Crippen LogP contribution is -2.31. The van der Waals surface area contributed by atoms with Gasteiger partial charge in [0.1, 0.15) is 5.75 Å². The van der Waals surface area contributed by atoms with Crippen LogP contribution in [0.1, 0.15) is 64.5 Å². The molecule has 2 N–H and O–H groups in total. The Balaban J connectivity index is 1.66. The van der Waals surface area contributed by atoms with Crippen molar-refractivity contribution in [3.63, 3.8) is 0 Å². The summed E-state index contributed by atoms with van der Waals surface area (Å²) in [6.07, 6.45) is 4.88. The number of carbonyl (C=O) groups excluding carboxylic acids is 1. The van der Waals surface area contributed by atoms with Gasteiger partial charge in [0, 0.05) is 17.7 Å². The molecule has 1 aliphatic carbocycles. The van der Waals surface area contributed by atoms with Crippen LogP contribution in [0.3, 0.4) is 0 Å². The second kappa shape index (κ2) is 8.55. The van der Waals surface area contributed by atoms with Crippen LogP contribution in [0.15, 0.2) is 59.8 Å². The van der Waals surface area contributed by atoms with E-state index in [-0.39, 0.29) is 17.2 Å². The molecule has 0 saturated heterocycles. The van der Waals surface area contributed by atoms with E-state index in [0.717, 1.165) is 53.4 Å². The molecule has 0 unspecified atom stereocenters. The quantitative estimate of drug-likeness (QED) is 0.541. The van der Waals surface area contributed by atoms with Crippen LogP contribution in [0, 0.1) is 5.41 Å². The molecule has 2 aromatic carbocycles. The first-order chi connectivity index (χ1) is 14.5. The molecule has 1 atom stereocenters. The molecule has 1 aliphatic heterocycles. The summed E-state index contributed by atoms with van der Waals surface area (Å²) in [6.45, 7) is 7.27. The maximum absolute atomic E-state index is 13.2. The zero-order valence-electron chi connectivity index (χ0n) is 18.3. The van der Waals surface area contributed by atoms with Crippen molar-refractivity contribution in [3.05, 3.63) is 65.4 Å². The number of unbranched alkanes of at least 4 members (excludes halogenated alkanes) is 2. The van der Waals surface area contributed by atoms with Gasteiger partial charge in [0.15, 0.2) is 5.78 Å². The molecule has 4 heteroatoms. The topological polar surface area (TPSA) is 50.4 Å². The minimum absolute atomic E-state index is 0.0388. The summed E-state index contributed by atoms with van der Waals surface area (Å²) in [5.41, 5.74) is 4.98. The van der Waals surface area contributed by atoms with Crippen molar-refractivity contribution in [2.75, 3.05) is 17.2 Å². The summed E-state index contributed by atoms with van der Waals surface area (Å²) >= 11 is 0. The van der Waals surface area contributed by atoms with Crippen molar-refractivity contribution in [3.8, 4) is 5.75 Å². The fourth-order valence-electron chi connectivity index (χ4n) is 4.44. The van der Waals surface area contributed by atoms with Gasteiger partial charge in [-0.15, -0.1) is 0 Å². The fourth-order valence-corrected chi connectivity index (χ4v) is 4.44. The van der Waals surface area contributed by atoms with Crippen LogP contribution in [0.2, 0.25) is 0 Å². The van der Waals surface area contributed by atoms with Gasteiger partial charge in [-0.25, -0.2) is 0 Å². The summed E-state index contributed by atoms with van der Waals surface area (Å²) in [6, 6.07) is 16.2. The van der Waals surface area contributed by atoms with E-state index in [1.54, 1.807) is 0 Å². The van der Waals surface area contributed by atoms with E-state index >= 15 is 0 Å². The van der Waals surface area contributed by atoms with E-state index in [9.17, 15) is 4.79 Å². The number of benzene rings is 2. The third-order valence-electron chi connectivity index (χ3n) is 5.95. The smallest absolute Gasteiger partial charge is 0.163 e. The van der Waals surface area contributed by atoms with E-state index in [1.807, 2.05) is 24.3 Å². The second-order valence-electron chi connectivity index (χ2n) is 9.21. The number of carbonyl (C=O) groups is 1. The Morgan fingerprint density at radius 2 is 1.73 bits per heavy atom. The van der Waals surface area contributed by atoms with Crippen LogP contribution in [-0.2, 0) is 4.79 Å². The number of para-hydroxylation sites is 2. The third-order valence-corrected chi connectivity index (χ3v) is 5.95. The Morgan fingerprint density at radius 3 is 2.47 bits per heavy atom. The van der Waals surface area contributed by atoms with Crippen molar-refractivity contribution < 1.29 is 9.53 Å². The molecular formula is C26H32N2O2. The van der Waals surface area contributed by atoms with E-state index < -0.39 is 0 Å². The Kier molecular flexibility index (Phi) is 5.85. The zero-order valence-corrected chi connectivity index (χ0v) is 18.3. The van der Waals surface area contributed by atoms with Gasteiger partial charge in [-0.2, -0.15) is 0 Å². The summed E-state index contributed by atoms with van der Waals surface area (Å²) in [5.74, 6) is 1.10. The highest BCUT2D eigenvalue weighted by molar-refractivity contribution is 6.01. The van der Waals surface area contributed by atoms with Crippen molar-refractivity contribution in [1.82, 2.24) is 0 Å². The van der Waals surface area contributed by atoms with E-state index in [0.29, 0.717) is 6.42 Å². The van der Waals surface area contributed by atoms with Gasteiger partial charge in [0.2, 0.25) is 0 Å². The Bertz CT molecular complexity index is 944. The SMILES string of the molecule is CCCCCOc1ccc([C@H]2Nc3ccccc3NC3=C2C(=O)CC(C)(C)C3)cc1. The number of nitrogens with one attached hydrogen (secondary N) is 2. The summed E-state index contributed by atoms with van der Waals surface area (Å²) < 4.78 is 5.87. The predicted molar refractivity (Wildman–Crippen MR) is 123 cm³/mol. The lowest BCUT2D eigenvalue weighted by atomic mass is 9.73. The van der Waals surface area contributed by atoms with Crippen LogP contribution >= 0.6 is 0 Å². The molecule has 1 heterocycles. The fraction of sp³-hybridized carbons (Fsp3) is 0.423. The maximum Gasteiger partial charge on any atom is 0.163 e. The van der Waals surface area contributed by atoms with E-state index in [4.69, 9.17) is 4.74 Å². The molecule has 0 radical (unpaired) electrons. The summed E-state index contributed by atoms with van der Waals surface area (Å²) in [7, 11) is 0. The second-order valence-corrected chi connectivity index (χ2v) is 9.21. The van der Waals surface area contributed by atoms with Crippen molar-refractivity contribution >= 4 is 17.2 Å². The number of ether oxygens (including phenoxy) is 1. The highest BCUT2D eigenvalue weighted by Gasteiger charge is 2.38. The van der Waals surface area contributed by atoms with E-state index in [1.165, 1.54) is 12.8 Å². The molecule has 2 aliphatic rings. The first-order valence-corrected chi connectivity index (χ1v) is 11.1. The number of rotatable bonds is 6. The monoisotopic (exact) mass is 404 g/mol. The van der Waals surface area contributed by atoms with Gasteiger partial charge in [0.25, 0.3) is 0 Å². The number of hydrogen-bond acceptors (Lipinski definition) is 4. The van der Waals surface area contributed by atoms with Crippen molar-refractivity contribution in [2.24, 2.45) is 5.41 Å². The minimum Gasteiger partial charge on any atom is -0.494 e. The summed E-state index contributed by atoms with van der Waals surface area (Å²) in [5, 5.41) is 7.20. The van der Waals surface area contributed by atoms with Crippen LogP contribution < -0.4 is 15.4 Å². The van der Waals surface area contributed by atoms with Gasteiger partial charge in [0.05, 0.1) is 24.0 Å². The number of Topliss-reactive ketones (excluding diaryl/α,β-unsaturated/α-hetero) is 1. The largest absolute Gasteiger partial charge is 0.494 e. The number of allylic oxidation sites excluding steroid dienone is 1. The normalized spacial score (nSPS) is 19.8. The zero-order chi connectivity index (χ0) is 21.1. The number of ketones is 1. The highest BCUT2D eigenvalue weighted by Crippen LogP contribution is 2.45. The minimum atomic E-state index is -0.172. The maximum atomic E-state index is 13.2. The summed E-state index contributed by atoms with van der Waals surface area (Å²) in [4.78, 5) is 13.2. The molecular weight excluding hydrogens is 372 g/mol. The Hall–Kier alpha value is -2.75. The lowest BCUT2D eigenvalue weighted by molar-refractivity contribution is -0.118. The molecule has 0 bridgehead atoms. The predicted octanol–water partition coefficient (Wildman–Crippen LogP) is 6.48. The molecule has 0 saturated carbocycles. The molecule has 2 aromatic rings. The van der Waals surface area contributed by atoms with Crippen molar-refractivity contribution in [1.29, 1.82) is 0 Å². The van der Waals surface area contributed by atoms with Gasteiger partial charge >= 0.3 is 0 Å². The average molecular weight is 405 g/mol. The number of hydrogen-bond donors (Lipinski definition) is 2. The average Bonchev–Trinajstić information content (AvgIpc) is 2.87. The van der Waals surface area contributed by atoms with Gasteiger partial charge < -0.3 is 15.4 Å².